The van der Waals surface area contributed by atoms with Crippen LogP contribution in [0.2, 0.25) is 0 Å². The Morgan fingerprint density at radius 3 is 2.76 bits per heavy atom. The van der Waals surface area contributed by atoms with E-state index in [0.717, 1.165) is 5.56 Å². The molecule has 0 aliphatic carbocycles. The summed E-state index contributed by atoms with van der Waals surface area (Å²) in [5.41, 5.74) is 1.56. The smallest absolute Gasteiger partial charge is 0.336 e. The van der Waals surface area contributed by atoms with Gasteiger partial charge in [0.25, 0.3) is 5.91 Å². The van der Waals surface area contributed by atoms with E-state index in [1.54, 1.807) is 30.3 Å². The van der Waals surface area contributed by atoms with E-state index in [9.17, 15) is 14.4 Å². The number of rotatable bonds is 4. The maximum atomic E-state index is 12.2. The summed E-state index contributed by atoms with van der Waals surface area (Å²) in [7, 11) is 0. The molecule has 0 atom stereocenters. The number of hydrogen-bond acceptors (Lipinski definition) is 6. The summed E-state index contributed by atoms with van der Waals surface area (Å²) in [4.78, 5) is 40.1. The van der Waals surface area contributed by atoms with Crippen LogP contribution in [0.25, 0.3) is 17.0 Å². The van der Waals surface area contributed by atoms with Crippen LogP contribution >= 0.6 is 23.5 Å². The van der Waals surface area contributed by atoms with Crippen molar-refractivity contribution in [2.24, 2.45) is 4.99 Å². The van der Waals surface area contributed by atoms with Crippen molar-refractivity contribution in [3.05, 3.63) is 81.6 Å². The number of aliphatic imine (C=N–C) groups is 1. The summed E-state index contributed by atoms with van der Waals surface area (Å²) in [5, 5.41) is 3.51. The van der Waals surface area contributed by atoms with E-state index in [1.165, 1.54) is 29.6 Å². The van der Waals surface area contributed by atoms with E-state index in [4.69, 9.17) is 4.42 Å². The number of hydrogen-bond donors (Lipinski definition) is 1. The molecule has 1 aromatic heterocycles. The lowest BCUT2D eigenvalue weighted by atomic mass is 10.2. The Kier molecular flexibility index (Phi) is 5.64. The first-order chi connectivity index (χ1) is 14.1. The number of fused-ring (bicyclic) bond motifs is 1. The second-order valence-corrected chi connectivity index (χ2v) is 8.30. The van der Waals surface area contributed by atoms with Gasteiger partial charge in [-0.1, -0.05) is 53.9 Å². The number of benzene rings is 2. The third kappa shape index (κ3) is 4.85. The number of nitrogens with one attached hydrogen (secondary N) is 1. The normalized spacial score (nSPS) is 15.0. The van der Waals surface area contributed by atoms with Gasteiger partial charge in [-0.25, -0.2) is 4.79 Å². The van der Waals surface area contributed by atoms with Crippen molar-refractivity contribution in [3.8, 4) is 0 Å². The fraction of sp³-hybridized carbons (Fsp3) is 0.0476. The van der Waals surface area contributed by atoms with Gasteiger partial charge < -0.3 is 9.73 Å². The van der Waals surface area contributed by atoms with Crippen LogP contribution in [-0.2, 0) is 9.59 Å². The highest BCUT2D eigenvalue weighted by atomic mass is 32.2. The number of carbonyl (C=O) groups is 2. The molecule has 0 saturated carbocycles. The predicted molar refractivity (Wildman–Crippen MR) is 118 cm³/mol. The maximum Gasteiger partial charge on any atom is 0.336 e. The van der Waals surface area contributed by atoms with Gasteiger partial charge in [-0.15, -0.1) is 0 Å². The van der Waals surface area contributed by atoms with Crippen LogP contribution in [-0.4, -0.2) is 21.9 Å². The molecule has 0 spiro atoms. The Bertz CT molecular complexity index is 1220. The van der Waals surface area contributed by atoms with E-state index in [0.29, 0.717) is 25.9 Å². The number of anilines is 1. The lowest BCUT2D eigenvalue weighted by molar-refractivity contribution is -0.114. The molecule has 1 aliphatic rings. The maximum absolute atomic E-state index is 12.2. The monoisotopic (exact) mass is 422 g/mol. The van der Waals surface area contributed by atoms with Gasteiger partial charge in [-0.05, 0) is 35.9 Å². The molecule has 0 unspecified atom stereocenters. The van der Waals surface area contributed by atoms with E-state index in [2.05, 4.69) is 10.3 Å². The molecular formula is C21H14N2O4S2. The van der Waals surface area contributed by atoms with E-state index >= 15 is 0 Å². The van der Waals surface area contributed by atoms with Gasteiger partial charge in [0.15, 0.2) is 0 Å². The van der Waals surface area contributed by atoms with Gasteiger partial charge in [0, 0.05) is 17.1 Å². The summed E-state index contributed by atoms with van der Waals surface area (Å²) in [6, 6.07) is 17.5. The van der Waals surface area contributed by atoms with Gasteiger partial charge in [-0.2, -0.15) is 4.99 Å². The summed E-state index contributed by atoms with van der Waals surface area (Å²) in [5.74, 6) is -0.389. The van der Waals surface area contributed by atoms with Crippen molar-refractivity contribution in [2.75, 3.05) is 11.1 Å². The first-order valence-electron chi connectivity index (χ1n) is 8.61. The van der Waals surface area contributed by atoms with Crippen molar-refractivity contribution < 1.29 is 14.0 Å². The molecule has 8 heteroatoms. The molecule has 2 aromatic carbocycles. The Hall–Kier alpha value is -3.10. The topological polar surface area (TPSA) is 88.7 Å². The van der Waals surface area contributed by atoms with Crippen molar-refractivity contribution >= 4 is 62.4 Å². The molecule has 4 rings (SSSR count). The summed E-state index contributed by atoms with van der Waals surface area (Å²) in [6.45, 7) is 0. The third-order valence-electron chi connectivity index (χ3n) is 3.93. The van der Waals surface area contributed by atoms with Crippen molar-refractivity contribution in [2.45, 2.75) is 0 Å². The Balaban J connectivity index is 1.35. The first kappa shape index (κ1) is 19.2. The van der Waals surface area contributed by atoms with Crippen molar-refractivity contribution in [1.82, 2.24) is 0 Å². The lowest BCUT2D eigenvalue weighted by Crippen LogP contribution is -2.14. The molecule has 2 heterocycles. The average Bonchev–Trinajstić information content (AvgIpc) is 3.06. The van der Waals surface area contributed by atoms with Gasteiger partial charge >= 0.3 is 5.63 Å². The molecule has 0 radical (unpaired) electrons. The molecule has 144 valence electrons. The van der Waals surface area contributed by atoms with E-state index < -0.39 is 5.63 Å². The Labute approximate surface area is 174 Å². The van der Waals surface area contributed by atoms with Crippen LogP contribution in [0.5, 0.6) is 0 Å². The van der Waals surface area contributed by atoms with E-state index in [1.807, 2.05) is 30.3 Å². The van der Waals surface area contributed by atoms with E-state index in [-0.39, 0.29) is 17.6 Å². The highest BCUT2D eigenvalue weighted by Gasteiger charge is 2.22. The summed E-state index contributed by atoms with van der Waals surface area (Å²) in [6.07, 6.45) is 1.79. The number of thioether (sulfide) groups is 2. The molecule has 0 fully saturated rings. The van der Waals surface area contributed by atoms with Gasteiger partial charge in [0.2, 0.25) is 5.91 Å². The third-order valence-corrected chi connectivity index (χ3v) is 6.05. The molecule has 1 aliphatic heterocycles. The fourth-order valence-corrected chi connectivity index (χ4v) is 4.43. The molecule has 0 saturated heterocycles. The minimum atomic E-state index is -0.421. The average molecular weight is 422 g/mol. The van der Waals surface area contributed by atoms with Gasteiger partial charge in [0.05, 0.1) is 10.7 Å². The largest absolute Gasteiger partial charge is 0.423 e. The van der Waals surface area contributed by atoms with Crippen LogP contribution in [0, 0.1) is 0 Å². The second kappa shape index (κ2) is 8.50. The van der Waals surface area contributed by atoms with Crippen molar-refractivity contribution in [1.29, 1.82) is 0 Å². The zero-order valence-electron chi connectivity index (χ0n) is 15.0. The van der Waals surface area contributed by atoms with Crippen LogP contribution in [0.4, 0.5) is 5.69 Å². The molecular weight excluding hydrogens is 408 g/mol. The minimum Gasteiger partial charge on any atom is -0.423 e. The van der Waals surface area contributed by atoms with Crippen LogP contribution in [0.1, 0.15) is 5.56 Å². The highest BCUT2D eigenvalue weighted by molar-refractivity contribution is 8.41. The zero-order chi connectivity index (χ0) is 20.2. The number of nitrogens with zero attached hydrogens (tertiary/aromatic N) is 1. The minimum absolute atomic E-state index is 0.125. The SMILES string of the molecule is O=C(CSC1=NC(=O)/C(=C\c2ccccc2)S1)Nc1ccc2oc(=O)ccc2c1. The van der Waals surface area contributed by atoms with Gasteiger partial charge in [0.1, 0.15) is 9.96 Å². The Morgan fingerprint density at radius 1 is 1.10 bits per heavy atom. The number of carbonyl (C=O) groups excluding carboxylic acids is 2. The van der Waals surface area contributed by atoms with Crippen LogP contribution < -0.4 is 10.9 Å². The molecule has 1 N–H and O–H groups in total. The van der Waals surface area contributed by atoms with Gasteiger partial charge in [-0.3, -0.25) is 9.59 Å². The predicted octanol–water partition coefficient (Wildman–Crippen LogP) is 4.14. The Morgan fingerprint density at radius 2 is 1.93 bits per heavy atom. The molecule has 0 bridgehead atoms. The number of amides is 2. The van der Waals surface area contributed by atoms with Crippen LogP contribution in [0.15, 0.2) is 79.8 Å². The van der Waals surface area contributed by atoms with Crippen LogP contribution in [0.3, 0.4) is 0 Å². The zero-order valence-corrected chi connectivity index (χ0v) is 16.6. The highest BCUT2D eigenvalue weighted by Crippen LogP contribution is 2.33. The summed E-state index contributed by atoms with van der Waals surface area (Å²) < 4.78 is 5.62. The lowest BCUT2D eigenvalue weighted by Gasteiger charge is -2.05. The second-order valence-electron chi connectivity index (χ2n) is 6.05. The molecule has 2 amide bonds. The molecule has 3 aromatic rings. The fourth-order valence-electron chi connectivity index (χ4n) is 2.63. The quantitative estimate of drug-likeness (QED) is 0.502. The molecule has 6 nitrogen and oxygen atoms in total. The summed E-state index contributed by atoms with van der Waals surface area (Å²) >= 11 is 2.48. The first-order valence-corrected chi connectivity index (χ1v) is 10.4. The molecule has 29 heavy (non-hydrogen) atoms. The standard InChI is InChI=1S/C21H14N2O4S2/c24-18(22-15-7-8-16-14(11-15)6-9-19(25)27-16)12-28-21-23-20(26)17(29-21)10-13-4-2-1-3-5-13/h1-11H,12H2,(H,22,24)/b17-10+. The van der Waals surface area contributed by atoms with Crippen molar-refractivity contribution in [3.63, 3.8) is 0 Å².